The van der Waals surface area contributed by atoms with Crippen molar-refractivity contribution in [3.8, 4) is 45.3 Å². The molecule has 1 N–H and O–H groups in total. The largest absolute Gasteiger partial charge is 0.449 e. The van der Waals surface area contributed by atoms with Crippen molar-refractivity contribution in [2.24, 2.45) is 4.99 Å². The summed E-state index contributed by atoms with van der Waals surface area (Å²) in [5, 5.41) is 3.61. The number of ether oxygens (including phenoxy) is 2. The number of benzene rings is 7. The fourth-order valence-corrected chi connectivity index (χ4v) is 9.12. The smallest absolute Gasteiger partial charge is 0.178 e. The van der Waals surface area contributed by atoms with E-state index in [1.54, 1.807) is 12.3 Å². The van der Waals surface area contributed by atoms with E-state index in [0.717, 1.165) is 44.8 Å². The maximum Gasteiger partial charge on any atom is 0.178 e. The summed E-state index contributed by atoms with van der Waals surface area (Å²) in [5.74, 6) is 2.78. The molecular formula is C60H53N3O2. The van der Waals surface area contributed by atoms with Crippen molar-refractivity contribution >= 4 is 12.4 Å². The SMILES string of the molecule is C=C/C=C\C.C=N/C(=C\C(NC)(c1ccccc1)c1ccc(-c2ccc3c(c2)Oc2ccc4c(c2O3)-c2ccccc2C4(c2ccccc2)c2ccccc2)cc1)c1ccccn1.CC. The van der Waals surface area contributed by atoms with Gasteiger partial charge in [0.15, 0.2) is 23.0 Å². The van der Waals surface area contributed by atoms with Gasteiger partial charge in [-0.05, 0) is 107 Å². The van der Waals surface area contributed by atoms with Gasteiger partial charge in [-0.15, -0.1) is 0 Å². The number of fused-ring (bicyclic) bond motifs is 6. The summed E-state index contributed by atoms with van der Waals surface area (Å²) in [6.45, 7) is 13.3. The van der Waals surface area contributed by atoms with Crippen molar-refractivity contribution < 1.29 is 9.47 Å². The predicted octanol–water partition coefficient (Wildman–Crippen LogP) is 15.0. The van der Waals surface area contributed by atoms with Crippen LogP contribution in [0.2, 0.25) is 0 Å². The highest BCUT2D eigenvalue weighted by Crippen LogP contribution is 2.62. The minimum atomic E-state index is -0.707. The molecule has 1 aromatic heterocycles. The Bertz CT molecular complexity index is 2920. The molecule has 0 fully saturated rings. The van der Waals surface area contributed by atoms with Crippen LogP contribution in [-0.4, -0.2) is 18.7 Å². The van der Waals surface area contributed by atoms with E-state index in [4.69, 9.17) is 9.47 Å². The maximum atomic E-state index is 6.89. The summed E-state index contributed by atoms with van der Waals surface area (Å²) in [6.07, 6.45) is 9.45. The molecule has 5 nitrogen and oxygen atoms in total. The molecule has 8 aromatic rings. The van der Waals surface area contributed by atoms with Crippen molar-refractivity contribution in [3.63, 3.8) is 0 Å². The summed E-state index contributed by atoms with van der Waals surface area (Å²) in [4.78, 5) is 8.98. The number of nitrogens with one attached hydrogen (secondary N) is 1. The fourth-order valence-electron chi connectivity index (χ4n) is 9.12. The highest BCUT2D eigenvalue weighted by molar-refractivity contribution is 5.92. The molecule has 0 bridgehead atoms. The molecule has 320 valence electrons. The minimum absolute atomic E-state index is 0.521. The molecule has 65 heavy (non-hydrogen) atoms. The highest BCUT2D eigenvalue weighted by Gasteiger charge is 2.48. The molecule has 7 aromatic carbocycles. The monoisotopic (exact) mass is 847 g/mol. The molecule has 1 unspecified atom stereocenters. The molecule has 0 spiro atoms. The van der Waals surface area contributed by atoms with Crippen molar-refractivity contribution in [1.29, 1.82) is 0 Å². The number of aliphatic imine (C=N–C) groups is 1. The Morgan fingerprint density at radius 1 is 0.631 bits per heavy atom. The molecule has 2 aliphatic rings. The van der Waals surface area contributed by atoms with Crippen molar-refractivity contribution in [3.05, 3.63) is 264 Å². The molecule has 1 aliphatic carbocycles. The molecule has 5 heteroatoms. The number of hydrogen-bond acceptors (Lipinski definition) is 5. The first-order valence-electron chi connectivity index (χ1n) is 22.1. The second kappa shape index (κ2) is 19.7. The second-order valence-electron chi connectivity index (χ2n) is 15.4. The lowest BCUT2D eigenvalue weighted by Crippen LogP contribution is -2.39. The van der Waals surface area contributed by atoms with Crippen LogP contribution in [0.4, 0.5) is 0 Å². The van der Waals surface area contributed by atoms with E-state index >= 15 is 0 Å². The van der Waals surface area contributed by atoms with Crippen LogP contribution in [0.1, 0.15) is 59.8 Å². The minimum Gasteiger partial charge on any atom is -0.449 e. The summed E-state index contributed by atoms with van der Waals surface area (Å²) in [6, 6.07) is 65.5. The molecular weight excluding hydrogens is 795 g/mol. The number of likely N-dealkylation sites (N-methyl/N-ethyl adjacent to an activating group) is 1. The number of hydrogen-bond donors (Lipinski definition) is 1. The van der Waals surface area contributed by atoms with Gasteiger partial charge >= 0.3 is 0 Å². The summed E-state index contributed by atoms with van der Waals surface area (Å²) >= 11 is 0. The van der Waals surface area contributed by atoms with Crippen molar-refractivity contribution in [2.45, 2.75) is 31.7 Å². The Hall–Kier alpha value is -7.86. The Morgan fingerprint density at radius 2 is 1.23 bits per heavy atom. The molecule has 10 rings (SSSR count). The number of rotatable bonds is 10. The third-order valence-corrected chi connectivity index (χ3v) is 12.0. The fraction of sp³-hybridized carbons (Fsp3) is 0.100. The van der Waals surface area contributed by atoms with Gasteiger partial charge in [-0.3, -0.25) is 9.98 Å². The first-order valence-corrected chi connectivity index (χ1v) is 22.1. The van der Waals surface area contributed by atoms with E-state index in [9.17, 15) is 0 Å². The van der Waals surface area contributed by atoms with Crippen LogP contribution < -0.4 is 14.8 Å². The highest BCUT2D eigenvalue weighted by atomic mass is 16.6. The lowest BCUT2D eigenvalue weighted by Gasteiger charge is -2.34. The normalized spacial score (nSPS) is 13.6. The van der Waals surface area contributed by atoms with E-state index in [2.05, 4.69) is 192 Å². The molecule has 0 radical (unpaired) electrons. The third-order valence-electron chi connectivity index (χ3n) is 12.0. The average molecular weight is 848 g/mol. The molecule has 1 aliphatic heterocycles. The summed E-state index contributed by atoms with van der Waals surface area (Å²) in [7, 11) is 1.96. The Morgan fingerprint density at radius 3 is 1.83 bits per heavy atom. The third kappa shape index (κ3) is 8.03. The zero-order valence-corrected chi connectivity index (χ0v) is 37.4. The van der Waals surface area contributed by atoms with Gasteiger partial charge in [-0.1, -0.05) is 196 Å². The van der Waals surface area contributed by atoms with Gasteiger partial charge in [0.2, 0.25) is 0 Å². The van der Waals surface area contributed by atoms with Gasteiger partial charge < -0.3 is 14.8 Å². The van der Waals surface area contributed by atoms with Gasteiger partial charge in [0.25, 0.3) is 0 Å². The van der Waals surface area contributed by atoms with Crippen LogP contribution in [0.5, 0.6) is 23.0 Å². The van der Waals surface area contributed by atoms with E-state index in [0.29, 0.717) is 22.9 Å². The van der Waals surface area contributed by atoms with E-state index < -0.39 is 11.0 Å². The Balaban J connectivity index is 0.000000772. The summed E-state index contributed by atoms with van der Waals surface area (Å²) < 4.78 is 13.6. The summed E-state index contributed by atoms with van der Waals surface area (Å²) in [5.41, 5.74) is 11.4. The van der Waals surface area contributed by atoms with Gasteiger partial charge in [0, 0.05) is 11.8 Å². The van der Waals surface area contributed by atoms with E-state index in [1.807, 2.05) is 70.3 Å². The standard InChI is InChI=1S/C53H39N3O2.C5H8.C2H6/c1-54-46(45-24-14-15-33-56-45)35-52(55-2,38-16-6-3-7-17-38)39-28-25-36(26-29-39)37-27-31-47-49(34-37)57-48-32-30-44-50(51(48)58-47)42-22-12-13-23-43(42)53(44,40-18-8-4-9-19-40)41-20-10-5-11-21-41;1-3-5-4-2;1-2/h3-35,55H,1H2,2H3;3-5H,1H2,2H3;1-2H3/b46-35-;5-4-;. The molecule has 0 saturated heterocycles. The Labute approximate surface area is 383 Å². The second-order valence-corrected chi connectivity index (χ2v) is 15.4. The molecule has 2 heterocycles. The van der Waals surface area contributed by atoms with Crippen molar-refractivity contribution in [1.82, 2.24) is 10.3 Å². The van der Waals surface area contributed by atoms with Gasteiger partial charge in [-0.25, -0.2) is 0 Å². The van der Waals surface area contributed by atoms with Gasteiger partial charge in [-0.2, -0.15) is 0 Å². The first-order chi connectivity index (χ1) is 32.0. The van der Waals surface area contributed by atoms with E-state index in [1.165, 1.54) is 22.3 Å². The van der Waals surface area contributed by atoms with Crippen LogP contribution >= 0.6 is 0 Å². The van der Waals surface area contributed by atoms with Crippen LogP contribution in [0.3, 0.4) is 0 Å². The van der Waals surface area contributed by atoms with Gasteiger partial charge in [0.1, 0.15) is 0 Å². The number of pyridine rings is 1. The van der Waals surface area contributed by atoms with Crippen LogP contribution in [-0.2, 0) is 11.0 Å². The zero-order valence-electron chi connectivity index (χ0n) is 37.4. The van der Waals surface area contributed by atoms with Crippen LogP contribution in [0, 0.1) is 0 Å². The molecule has 0 amide bonds. The van der Waals surface area contributed by atoms with Crippen molar-refractivity contribution in [2.75, 3.05) is 7.05 Å². The lowest BCUT2D eigenvalue weighted by molar-refractivity contribution is 0.360. The topological polar surface area (TPSA) is 55.7 Å². The number of allylic oxidation sites excluding steroid dienone is 3. The predicted molar refractivity (Wildman–Crippen MR) is 270 cm³/mol. The lowest BCUT2D eigenvalue weighted by atomic mass is 9.68. The van der Waals surface area contributed by atoms with Crippen LogP contribution in [0.15, 0.2) is 230 Å². The quantitative estimate of drug-likeness (QED) is 0.110. The Kier molecular flexibility index (Phi) is 13.3. The van der Waals surface area contributed by atoms with Crippen LogP contribution in [0.25, 0.3) is 28.0 Å². The first kappa shape index (κ1) is 43.8. The zero-order chi connectivity index (χ0) is 45.2. The van der Waals surface area contributed by atoms with Gasteiger partial charge in [0.05, 0.1) is 22.3 Å². The van der Waals surface area contributed by atoms with E-state index in [-0.39, 0.29) is 0 Å². The molecule has 0 saturated carbocycles. The average Bonchev–Trinajstić information content (AvgIpc) is 3.70. The number of nitrogens with zero attached hydrogens (tertiary/aromatic N) is 2. The maximum absolute atomic E-state index is 6.89. The molecule has 1 atom stereocenters. The number of aromatic nitrogens is 1.